The number of aryl methyl sites for hydroxylation is 1. The maximum Gasteiger partial charge on any atom is 0.343 e. The van der Waals surface area contributed by atoms with E-state index in [1.54, 1.807) is 19.2 Å². The summed E-state index contributed by atoms with van der Waals surface area (Å²) < 4.78 is 16.3. The highest BCUT2D eigenvalue weighted by atomic mass is 16.5. The predicted molar refractivity (Wildman–Crippen MR) is 74.0 cm³/mol. The smallest absolute Gasteiger partial charge is 0.343 e. The highest BCUT2D eigenvalue weighted by molar-refractivity contribution is 5.93. The third kappa shape index (κ3) is 3.70. The van der Waals surface area contributed by atoms with Crippen LogP contribution in [0.1, 0.15) is 42.1 Å². The summed E-state index contributed by atoms with van der Waals surface area (Å²) in [5.41, 5.74) is 1.21. The van der Waals surface area contributed by atoms with Gasteiger partial charge in [-0.2, -0.15) is 0 Å². The van der Waals surface area contributed by atoms with E-state index in [4.69, 9.17) is 14.2 Å². The van der Waals surface area contributed by atoms with E-state index in [0.29, 0.717) is 24.7 Å². The van der Waals surface area contributed by atoms with Gasteiger partial charge in [-0.15, -0.1) is 0 Å². The Hall–Kier alpha value is -1.62. The number of nitrogens with zero attached hydrogens (tertiary/aromatic N) is 1. The Morgan fingerprint density at radius 1 is 1.50 bits per heavy atom. The van der Waals surface area contributed by atoms with E-state index >= 15 is 0 Å². The number of hydrogen-bond donors (Lipinski definition) is 0. The van der Waals surface area contributed by atoms with Crippen LogP contribution in [0, 0.1) is 6.92 Å². The van der Waals surface area contributed by atoms with Gasteiger partial charge in [0.15, 0.2) is 0 Å². The van der Waals surface area contributed by atoms with E-state index in [-0.39, 0.29) is 6.10 Å². The summed E-state index contributed by atoms with van der Waals surface area (Å²) in [5, 5.41) is 0. The Bertz CT molecular complexity index is 455. The number of ether oxygens (including phenoxy) is 3. The van der Waals surface area contributed by atoms with Gasteiger partial charge >= 0.3 is 5.97 Å². The molecule has 1 aromatic rings. The third-order valence-corrected chi connectivity index (χ3v) is 3.28. The number of esters is 1. The van der Waals surface area contributed by atoms with Crippen LogP contribution in [0.4, 0.5) is 0 Å². The molecule has 0 N–H and O–H groups in total. The zero-order chi connectivity index (χ0) is 14.4. The van der Waals surface area contributed by atoms with E-state index in [2.05, 4.69) is 4.98 Å². The van der Waals surface area contributed by atoms with Gasteiger partial charge in [0, 0.05) is 12.8 Å². The first-order chi connectivity index (χ1) is 9.72. The number of pyridine rings is 1. The number of carbonyl (C=O) groups is 1. The lowest BCUT2D eigenvalue weighted by Crippen LogP contribution is -2.26. The van der Waals surface area contributed by atoms with Crippen molar-refractivity contribution < 1.29 is 19.0 Å². The number of rotatable bonds is 5. The van der Waals surface area contributed by atoms with Crippen LogP contribution < -0.4 is 4.74 Å². The van der Waals surface area contributed by atoms with Crippen LogP contribution in [0.3, 0.4) is 0 Å². The number of hydrogen-bond acceptors (Lipinski definition) is 5. The van der Waals surface area contributed by atoms with E-state index in [1.807, 2.05) is 6.92 Å². The zero-order valence-corrected chi connectivity index (χ0v) is 12.1. The van der Waals surface area contributed by atoms with E-state index < -0.39 is 5.97 Å². The lowest BCUT2D eigenvalue weighted by Gasteiger charge is -2.22. The predicted octanol–water partition coefficient (Wildman–Crippen LogP) is 2.51. The van der Waals surface area contributed by atoms with Crippen molar-refractivity contribution in [2.45, 2.75) is 39.2 Å². The van der Waals surface area contributed by atoms with Gasteiger partial charge in [0.05, 0.1) is 12.7 Å². The quantitative estimate of drug-likeness (QED) is 0.775. The first-order valence-corrected chi connectivity index (χ1v) is 7.09. The van der Waals surface area contributed by atoms with Crippen molar-refractivity contribution in [2.24, 2.45) is 0 Å². The molecule has 0 aliphatic carbocycles. The van der Waals surface area contributed by atoms with Crippen molar-refractivity contribution in [3.05, 3.63) is 23.4 Å². The summed E-state index contributed by atoms with van der Waals surface area (Å²) in [7, 11) is 0. The van der Waals surface area contributed by atoms with E-state index in [0.717, 1.165) is 31.4 Å². The summed E-state index contributed by atoms with van der Waals surface area (Å²) in [4.78, 5) is 16.1. The van der Waals surface area contributed by atoms with Crippen LogP contribution >= 0.6 is 0 Å². The molecule has 5 nitrogen and oxygen atoms in total. The second-order valence-corrected chi connectivity index (χ2v) is 4.83. The molecule has 1 aromatic heterocycles. The van der Waals surface area contributed by atoms with Crippen LogP contribution in [0.25, 0.3) is 0 Å². The van der Waals surface area contributed by atoms with Crippen molar-refractivity contribution in [3.63, 3.8) is 0 Å². The van der Waals surface area contributed by atoms with Crippen molar-refractivity contribution in [2.75, 3.05) is 19.8 Å². The lowest BCUT2D eigenvalue weighted by atomic mass is 10.1. The summed E-state index contributed by atoms with van der Waals surface area (Å²) in [6, 6.07) is 1.77. The monoisotopic (exact) mass is 279 g/mol. The maximum atomic E-state index is 12.0. The molecule has 20 heavy (non-hydrogen) atoms. The van der Waals surface area contributed by atoms with Gasteiger partial charge < -0.3 is 14.2 Å². The molecule has 0 bridgehead atoms. The molecule has 1 saturated heterocycles. The second kappa shape index (κ2) is 7.24. The Morgan fingerprint density at radius 2 is 2.35 bits per heavy atom. The molecule has 1 aliphatic rings. The molecule has 0 aromatic carbocycles. The highest BCUT2D eigenvalue weighted by Gasteiger charge is 2.20. The SMILES string of the molecule is CCOC(=O)c1c(C)ccnc1OCC1CCCCO1. The molecular formula is C15H21NO4. The van der Waals surface area contributed by atoms with Crippen LogP contribution in [0.15, 0.2) is 12.3 Å². The van der Waals surface area contributed by atoms with Crippen LogP contribution in [0.5, 0.6) is 5.88 Å². The van der Waals surface area contributed by atoms with Crippen LogP contribution in [0.2, 0.25) is 0 Å². The fourth-order valence-corrected chi connectivity index (χ4v) is 2.21. The van der Waals surface area contributed by atoms with Crippen molar-refractivity contribution >= 4 is 5.97 Å². The Kier molecular flexibility index (Phi) is 5.35. The minimum absolute atomic E-state index is 0.0844. The summed E-state index contributed by atoms with van der Waals surface area (Å²) in [6.45, 7) is 5.15. The van der Waals surface area contributed by atoms with Gasteiger partial charge in [0.1, 0.15) is 12.2 Å². The Morgan fingerprint density at radius 3 is 3.05 bits per heavy atom. The molecule has 5 heteroatoms. The average molecular weight is 279 g/mol. The standard InChI is InChI=1S/C15H21NO4/c1-3-18-15(17)13-11(2)7-8-16-14(13)20-10-12-6-4-5-9-19-12/h7-8,12H,3-6,9-10H2,1-2H3. The highest BCUT2D eigenvalue weighted by Crippen LogP contribution is 2.21. The molecule has 0 spiro atoms. The van der Waals surface area contributed by atoms with Gasteiger partial charge in [-0.3, -0.25) is 0 Å². The largest absolute Gasteiger partial charge is 0.474 e. The van der Waals surface area contributed by atoms with Gasteiger partial charge in [-0.25, -0.2) is 9.78 Å². The maximum absolute atomic E-state index is 12.0. The molecule has 2 rings (SSSR count). The summed E-state index contributed by atoms with van der Waals surface area (Å²) in [6.07, 6.45) is 4.96. The van der Waals surface area contributed by atoms with Crippen molar-refractivity contribution in [1.29, 1.82) is 0 Å². The molecule has 2 heterocycles. The minimum Gasteiger partial charge on any atom is -0.474 e. The van der Waals surface area contributed by atoms with Crippen LogP contribution in [-0.4, -0.2) is 36.9 Å². The normalized spacial score (nSPS) is 18.6. The Balaban J connectivity index is 2.06. The van der Waals surface area contributed by atoms with Gasteiger partial charge in [0.25, 0.3) is 0 Å². The number of carbonyl (C=O) groups excluding carboxylic acids is 1. The molecule has 1 atom stereocenters. The molecule has 0 saturated carbocycles. The second-order valence-electron chi connectivity index (χ2n) is 4.83. The molecule has 1 aliphatic heterocycles. The average Bonchev–Trinajstić information content (AvgIpc) is 2.46. The molecular weight excluding hydrogens is 258 g/mol. The molecule has 0 amide bonds. The summed E-state index contributed by atoms with van der Waals surface area (Å²) in [5.74, 6) is -0.0599. The van der Waals surface area contributed by atoms with Crippen molar-refractivity contribution in [1.82, 2.24) is 4.98 Å². The summed E-state index contributed by atoms with van der Waals surface area (Å²) >= 11 is 0. The van der Waals surface area contributed by atoms with Crippen LogP contribution in [-0.2, 0) is 9.47 Å². The molecule has 0 radical (unpaired) electrons. The van der Waals surface area contributed by atoms with Crippen molar-refractivity contribution in [3.8, 4) is 5.88 Å². The first-order valence-electron chi connectivity index (χ1n) is 7.09. The fraction of sp³-hybridized carbons (Fsp3) is 0.600. The lowest BCUT2D eigenvalue weighted by molar-refractivity contribution is -0.0123. The van der Waals surface area contributed by atoms with Gasteiger partial charge in [-0.1, -0.05) is 0 Å². The van der Waals surface area contributed by atoms with E-state index in [1.165, 1.54) is 0 Å². The fourth-order valence-electron chi connectivity index (χ4n) is 2.21. The number of aromatic nitrogens is 1. The van der Waals surface area contributed by atoms with Gasteiger partial charge in [0.2, 0.25) is 5.88 Å². The molecule has 1 fully saturated rings. The minimum atomic E-state index is -0.391. The van der Waals surface area contributed by atoms with E-state index in [9.17, 15) is 4.79 Å². The first kappa shape index (κ1) is 14.8. The zero-order valence-electron chi connectivity index (χ0n) is 12.1. The Labute approximate surface area is 119 Å². The third-order valence-electron chi connectivity index (χ3n) is 3.28. The topological polar surface area (TPSA) is 57.7 Å². The molecule has 1 unspecified atom stereocenters. The van der Waals surface area contributed by atoms with Gasteiger partial charge in [-0.05, 0) is 44.7 Å². The molecule has 110 valence electrons.